The summed E-state index contributed by atoms with van der Waals surface area (Å²) in [6.45, 7) is 6.17. The fourth-order valence-electron chi connectivity index (χ4n) is 3.22. The van der Waals surface area contributed by atoms with Crippen molar-refractivity contribution in [3.8, 4) is 0 Å². The third-order valence-electron chi connectivity index (χ3n) is 4.56. The van der Waals surface area contributed by atoms with Gasteiger partial charge < -0.3 is 10.6 Å². The average Bonchev–Trinajstić information content (AvgIpc) is 3.10. The highest BCUT2D eigenvalue weighted by molar-refractivity contribution is 5.90. The molecule has 0 amide bonds. The van der Waals surface area contributed by atoms with Gasteiger partial charge in [0.05, 0.1) is 12.6 Å². The minimum Gasteiger partial charge on any atom is -0.350 e. The predicted molar refractivity (Wildman–Crippen MR) is 84.0 cm³/mol. The van der Waals surface area contributed by atoms with E-state index in [1.807, 2.05) is 0 Å². The Kier molecular flexibility index (Phi) is 3.62. The summed E-state index contributed by atoms with van der Waals surface area (Å²) in [6, 6.07) is 6.75. The summed E-state index contributed by atoms with van der Waals surface area (Å²) >= 11 is 0. The highest BCUT2D eigenvalue weighted by atomic mass is 15.3. The van der Waals surface area contributed by atoms with Gasteiger partial charge in [-0.25, -0.2) is 0 Å². The third-order valence-corrected chi connectivity index (χ3v) is 4.56. The number of allylic oxidation sites excluding steroid dienone is 1. The van der Waals surface area contributed by atoms with Gasteiger partial charge in [0.15, 0.2) is 0 Å². The number of aliphatic imine (C=N–C) groups is 1. The van der Waals surface area contributed by atoms with Gasteiger partial charge in [0.1, 0.15) is 5.84 Å². The molecule has 1 aliphatic heterocycles. The molecule has 1 aliphatic carbocycles. The van der Waals surface area contributed by atoms with Crippen LogP contribution in [0, 0.1) is 13.8 Å². The zero-order chi connectivity index (χ0) is 14.1. The maximum absolute atomic E-state index is 6.53. The van der Waals surface area contributed by atoms with Gasteiger partial charge in [-0.1, -0.05) is 30.4 Å². The largest absolute Gasteiger partial charge is 0.350 e. The summed E-state index contributed by atoms with van der Waals surface area (Å²) in [6.07, 6.45) is 6.94. The van der Waals surface area contributed by atoms with Gasteiger partial charge >= 0.3 is 0 Å². The van der Waals surface area contributed by atoms with Gasteiger partial charge in [0, 0.05) is 12.6 Å². The molecule has 0 fully saturated rings. The van der Waals surface area contributed by atoms with Crippen molar-refractivity contribution in [1.29, 1.82) is 0 Å². The lowest BCUT2D eigenvalue weighted by molar-refractivity contribution is 0.374. The summed E-state index contributed by atoms with van der Waals surface area (Å²) in [4.78, 5) is 7.09. The molecule has 3 nitrogen and oxygen atoms in total. The molecule has 2 unspecified atom stereocenters. The minimum atomic E-state index is -0.105. The van der Waals surface area contributed by atoms with Gasteiger partial charge in [-0.2, -0.15) is 0 Å². The number of aryl methyl sites for hydroxylation is 1. The smallest absolute Gasteiger partial charge is 0.121 e. The Bertz CT molecular complexity index is 559. The fourth-order valence-corrected chi connectivity index (χ4v) is 3.22. The molecule has 0 radical (unpaired) electrons. The lowest BCUT2D eigenvalue weighted by atomic mass is 9.96. The maximum Gasteiger partial charge on any atom is 0.121 e. The second kappa shape index (κ2) is 5.41. The topological polar surface area (TPSA) is 41.6 Å². The maximum atomic E-state index is 6.53. The van der Waals surface area contributed by atoms with E-state index in [0.717, 1.165) is 18.9 Å². The van der Waals surface area contributed by atoms with E-state index in [9.17, 15) is 0 Å². The van der Waals surface area contributed by atoms with Crippen LogP contribution in [0.15, 0.2) is 35.3 Å². The van der Waals surface area contributed by atoms with Crippen molar-refractivity contribution in [2.75, 3.05) is 13.1 Å². The average molecular weight is 269 g/mol. The Morgan fingerprint density at radius 3 is 2.95 bits per heavy atom. The molecule has 106 valence electrons. The third kappa shape index (κ3) is 2.27. The van der Waals surface area contributed by atoms with E-state index in [1.54, 1.807) is 0 Å². The van der Waals surface area contributed by atoms with Gasteiger partial charge in [-0.05, 0) is 43.4 Å². The molecular weight excluding hydrogens is 246 g/mol. The van der Waals surface area contributed by atoms with Gasteiger partial charge in [0.25, 0.3) is 0 Å². The number of hydrogen-bond acceptors (Lipinski definition) is 3. The van der Waals surface area contributed by atoms with Crippen LogP contribution >= 0.6 is 0 Å². The van der Waals surface area contributed by atoms with Crippen molar-refractivity contribution < 1.29 is 0 Å². The van der Waals surface area contributed by atoms with Crippen LogP contribution < -0.4 is 5.73 Å². The van der Waals surface area contributed by atoms with E-state index >= 15 is 0 Å². The van der Waals surface area contributed by atoms with Crippen LogP contribution in [0.25, 0.3) is 0 Å². The van der Waals surface area contributed by atoms with Gasteiger partial charge in [-0.15, -0.1) is 0 Å². The van der Waals surface area contributed by atoms with Crippen LogP contribution in [0.1, 0.15) is 35.6 Å². The number of nitrogens with zero attached hydrogens (tertiary/aromatic N) is 2. The molecule has 0 bridgehead atoms. The zero-order valence-electron chi connectivity index (χ0n) is 12.3. The molecule has 0 saturated carbocycles. The second-order valence-corrected chi connectivity index (χ2v) is 5.77. The summed E-state index contributed by atoms with van der Waals surface area (Å²) < 4.78 is 0. The number of rotatable bonds is 3. The van der Waals surface area contributed by atoms with Crippen molar-refractivity contribution in [2.45, 2.75) is 38.8 Å². The summed E-state index contributed by atoms with van der Waals surface area (Å²) in [7, 11) is 0. The highest BCUT2D eigenvalue weighted by Gasteiger charge is 2.30. The summed E-state index contributed by atoms with van der Waals surface area (Å²) in [5, 5.41) is 0. The van der Waals surface area contributed by atoms with E-state index < -0.39 is 0 Å². The lowest BCUT2D eigenvalue weighted by Gasteiger charge is -2.30. The van der Waals surface area contributed by atoms with E-state index in [-0.39, 0.29) is 6.04 Å². The SMILES string of the molecule is Cc1cccc(C(N)C2=NCCN2C2C=CCC2)c1C. The quantitative estimate of drug-likeness (QED) is 0.857. The number of hydrogen-bond donors (Lipinski definition) is 1. The molecule has 1 aromatic rings. The van der Waals surface area contributed by atoms with Gasteiger partial charge in [0.2, 0.25) is 0 Å². The predicted octanol–water partition coefficient (Wildman–Crippen LogP) is 2.74. The monoisotopic (exact) mass is 269 g/mol. The Labute approximate surface area is 121 Å². The molecule has 1 heterocycles. The van der Waals surface area contributed by atoms with E-state index in [2.05, 4.69) is 49.1 Å². The number of nitrogens with two attached hydrogens (primary N) is 1. The first-order valence-electron chi connectivity index (χ1n) is 7.48. The first kappa shape index (κ1) is 13.4. The lowest BCUT2D eigenvalue weighted by Crippen LogP contribution is -2.41. The molecule has 0 spiro atoms. The molecule has 0 saturated heterocycles. The number of benzene rings is 1. The van der Waals surface area contributed by atoms with Crippen molar-refractivity contribution in [3.63, 3.8) is 0 Å². The van der Waals surface area contributed by atoms with Crippen molar-refractivity contribution in [1.82, 2.24) is 4.90 Å². The Morgan fingerprint density at radius 1 is 1.35 bits per heavy atom. The molecule has 2 N–H and O–H groups in total. The fraction of sp³-hybridized carbons (Fsp3) is 0.471. The molecule has 20 heavy (non-hydrogen) atoms. The molecule has 1 aromatic carbocycles. The Hall–Kier alpha value is -1.61. The summed E-state index contributed by atoms with van der Waals surface area (Å²) in [5.74, 6) is 1.07. The van der Waals surface area contributed by atoms with Crippen LogP contribution in [0.5, 0.6) is 0 Å². The zero-order valence-corrected chi connectivity index (χ0v) is 12.3. The van der Waals surface area contributed by atoms with E-state index in [1.165, 1.54) is 29.5 Å². The van der Waals surface area contributed by atoms with Gasteiger partial charge in [-0.3, -0.25) is 4.99 Å². The van der Waals surface area contributed by atoms with Crippen LogP contribution in [0.4, 0.5) is 0 Å². The standard InChI is InChI=1S/C17H23N3/c1-12-6-5-9-15(13(12)2)16(18)17-19-10-11-20(17)14-7-3-4-8-14/h3,5-7,9,14,16H,4,8,10-11,18H2,1-2H3. The Balaban J connectivity index is 1.87. The van der Waals surface area contributed by atoms with Crippen LogP contribution in [-0.2, 0) is 0 Å². The first-order valence-corrected chi connectivity index (χ1v) is 7.48. The first-order chi connectivity index (χ1) is 9.68. The number of amidine groups is 1. The van der Waals surface area contributed by atoms with Crippen molar-refractivity contribution in [2.24, 2.45) is 10.7 Å². The molecule has 3 rings (SSSR count). The normalized spacial score (nSPS) is 23.2. The highest BCUT2D eigenvalue weighted by Crippen LogP contribution is 2.26. The minimum absolute atomic E-state index is 0.105. The summed E-state index contributed by atoms with van der Waals surface area (Å²) in [5.41, 5.74) is 10.3. The molecule has 2 atom stereocenters. The van der Waals surface area contributed by atoms with Crippen LogP contribution in [0.3, 0.4) is 0 Å². The molecule has 2 aliphatic rings. The molecule has 0 aromatic heterocycles. The van der Waals surface area contributed by atoms with E-state index in [0.29, 0.717) is 6.04 Å². The molecule has 3 heteroatoms. The van der Waals surface area contributed by atoms with Crippen molar-refractivity contribution >= 4 is 5.84 Å². The molecular formula is C17H23N3. The van der Waals surface area contributed by atoms with Crippen LogP contribution in [0.2, 0.25) is 0 Å². The Morgan fingerprint density at radius 2 is 2.20 bits per heavy atom. The van der Waals surface area contributed by atoms with Crippen LogP contribution in [-0.4, -0.2) is 29.9 Å². The van der Waals surface area contributed by atoms with Crippen molar-refractivity contribution in [3.05, 3.63) is 47.0 Å². The second-order valence-electron chi connectivity index (χ2n) is 5.77. The van der Waals surface area contributed by atoms with E-state index in [4.69, 9.17) is 10.7 Å².